The Kier molecular flexibility index (Phi) is 1.26. The Labute approximate surface area is 69.4 Å². The van der Waals surface area contributed by atoms with Crippen LogP contribution in [0.15, 0.2) is 0 Å². The van der Waals surface area contributed by atoms with E-state index in [2.05, 4.69) is 20.8 Å². The molecule has 0 aromatic heterocycles. The Bertz CT molecular complexity index is 181. The van der Waals surface area contributed by atoms with Crippen molar-refractivity contribution in [2.45, 2.75) is 46.1 Å². The zero-order valence-corrected chi connectivity index (χ0v) is 7.85. The molecular formula is C10H19N. The maximum absolute atomic E-state index is 6.23. The molecule has 0 aliphatic heterocycles. The van der Waals surface area contributed by atoms with Crippen molar-refractivity contribution in [2.75, 3.05) is 0 Å². The van der Waals surface area contributed by atoms with Gasteiger partial charge in [0.25, 0.3) is 0 Å². The second-order valence-electron chi connectivity index (χ2n) is 5.39. The van der Waals surface area contributed by atoms with E-state index < -0.39 is 0 Å². The van der Waals surface area contributed by atoms with E-state index in [0.29, 0.717) is 16.9 Å². The lowest BCUT2D eigenvalue weighted by atomic mass is 9.69. The van der Waals surface area contributed by atoms with Crippen molar-refractivity contribution in [3.63, 3.8) is 0 Å². The van der Waals surface area contributed by atoms with Gasteiger partial charge >= 0.3 is 0 Å². The van der Waals surface area contributed by atoms with Crippen LogP contribution in [0.1, 0.15) is 40.0 Å². The summed E-state index contributed by atoms with van der Waals surface area (Å²) in [7, 11) is 0. The number of rotatable bonds is 0. The van der Waals surface area contributed by atoms with Gasteiger partial charge in [-0.1, -0.05) is 20.8 Å². The van der Waals surface area contributed by atoms with Crippen LogP contribution in [0.25, 0.3) is 0 Å². The highest BCUT2D eigenvalue weighted by atomic mass is 14.8. The second kappa shape index (κ2) is 1.82. The first kappa shape index (κ1) is 7.60. The van der Waals surface area contributed by atoms with E-state index in [0.717, 1.165) is 5.92 Å². The maximum Gasteiger partial charge on any atom is 0.0147 e. The zero-order valence-electron chi connectivity index (χ0n) is 7.85. The lowest BCUT2D eigenvalue weighted by Crippen LogP contribution is -2.46. The van der Waals surface area contributed by atoms with Crippen LogP contribution in [0.2, 0.25) is 0 Å². The molecule has 1 nitrogen and oxygen atoms in total. The molecular weight excluding hydrogens is 134 g/mol. The van der Waals surface area contributed by atoms with Gasteiger partial charge in [-0.05, 0) is 36.0 Å². The molecule has 11 heavy (non-hydrogen) atoms. The van der Waals surface area contributed by atoms with Crippen LogP contribution in [0.3, 0.4) is 0 Å². The molecule has 3 atom stereocenters. The minimum absolute atomic E-state index is 0.410. The van der Waals surface area contributed by atoms with Crippen LogP contribution in [0.5, 0.6) is 0 Å². The molecule has 2 aliphatic rings. The van der Waals surface area contributed by atoms with Crippen molar-refractivity contribution in [2.24, 2.45) is 22.5 Å². The highest BCUT2D eigenvalue weighted by Gasteiger charge is 2.57. The number of fused-ring (bicyclic) bond motifs is 2. The highest BCUT2D eigenvalue weighted by Crippen LogP contribution is 2.61. The van der Waals surface area contributed by atoms with Gasteiger partial charge in [0.1, 0.15) is 0 Å². The smallest absolute Gasteiger partial charge is 0.0147 e. The van der Waals surface area contributed by atoms with Gasteiger partial charge in [-0.15, -0.1) is 0 Å². The van der Waals surface area contributed by atoms with E-state index in [9.17, 15) is 0 Å². The SMILES string of the molecule is CC1(C)C(N)[C@@]2(C)CC[C@@H]1C2. The van der Waals surface area contributed by atoms with E-state index >= 15 is 0 Å². The quantitative estimate of drug-likeness (QED) is 0.567. The van der Waals surface area contributed by atoms with Crippen LogP contribution in [0, 0.1) is 16.7 Å². The lowest BCUT2D eigenvalue weighted by Gasteiger charge is -2.40. The monoisotopic (exact) mass is 153 g/mol. The molecule has 0 aromatic carbocycles. The molecule has 2 aliphatic carbocycles. The third-order valence-electron chi connectivity index (χ3n) is 4.38. The van der Waals surface area contributed by atoms with Crippen molar-refractivity contribution < 1.29 is 0 Å². The lowest BCUT2D eigenvalue weighted by molar-refractivity contribution is 0.141. The Morgan fingerprint density at radius 2 is 1.91 bits per heavy atom. The van der Waals surface area contributed by atoms with Gasteiger partial charge in [-0.2, -0.15) is 0 Å². The fourth-order valence-electron chi connectivity index (χ4n) is 3.34. The summed E-state index contributed by atoms with van der Waals surface area (Å²) in [5, 5.41) is 0. The summed E-state index contributed by atoms with van der Waals surface area (Å²) < 4.78 is 0. The molecule has 2 fully saturated rings. The van der Waals surface area contributed by atoms with E-state index in [-0.39, 0.29) is 0 Å². The summed E-state index contributed by atoms with van der Waals surface area (Å²) in [5.41, 5.74) is 7.12. The Hall–Kier alpha value is -0.0400. The fraction of sp³-hybridized carbons (Fsp3) is 1.00. The number of nitrogens with two attached hydrogens (primary N) is 1. The maximum atomic E-state index is 6.23. The number of hydrogen-bond acceptors (Lipinski definition) is 1. The van der Waals surface area contributed by atoms with Crippen molar-refractivity contribution in [3.8, 4) is 0 Å². The number of hydrogen-bond donors (Lipinski definition) is 1. The van der Waals surface area contributed by atoms with Crippen molar-refractivity contribution >= 4 is 0 Å². The van der Waals surface area contributed by atoms with E-state index in [1.54, 1.807) is 0 Å². The summed E-state index contributed by atoms with van der Waals surface area (Å²) in [5.74, 6) is 0.905. The first-order chi connectivity index (χ1) is 4.97. The molecule has 2 rings (SSSR count). The molecule has 2 bridgehead atoms. The Morgan fingerprint density at radius 1 is 1.27 bits per heavy atom. The fourth-order valence-corrected chi connectivity index (χ4v) is 3.34. The molecule has 0 amide bonds. The molecule has 2 N–H and O–H groups in total. The molecule has 64 valence electrons. The van der Waals surface area contributed by atoms with Gasteiger partial charge in [0.05, 0.1) is 0 Å². The third kappa shape index (κ3) is 0.752. The van der Waals surface area contributed by atoms with Gasteiger partial charge < -0.3 is 5.73 Å². The van der Waals surface area contributed by atoms with Crippen LogP contribution in [-0.2, 0) is 0 Å². The highest BCUT2D eigenvalue weighted by molar-refractivity contribution is 5.10. The first-order valence-corrected chi connectivity index (χ1v) is 4.72. The van der Waals surface area contributed by atoms with Crippen LogP contribution < -0.4 is 5.73 Å². The van der Waals surface area contributed by atoms with E-state index in [1.807, 2.05) is 0 Å². The predicted octanol–water partition coefficient (Wildman–Crippen LogP) is 2.16. The summed E-state index contributed by atoms with van der Waals surface area (Å²) in [6, 6.07) is 0.439. The van der Waals surface area contributed by atoms with Crippen LogP contribution in [0.4, 0.5) is 0 Å². The standard InChI is InChI=1S/C10H19N/c1-9(2)7-4-5-10(3,6-7)8(9)11/h7-8H,4-6,11H2,1-3H3/t7-,8?,10+/m1/s1. The average molecular weight is 153 g/mol. The minimum Gasteiger partial charge on any atom is -0.327 e. The van der Waals surface area contributed by atoms with Gasteiger partial charge in [0.2, 0.25) is 0 Å². The third-order valence-corrected chi connectivity index (χ3v) is 4.38. The van der Waals surface area contributed by atoms with E-state index in [1.165, 1.54) is 19.3 Å². The zero-order chi connectivity index (χ0) is 8.28. The van der Waals surface area contributed by atoms with E-state index in [4.69, 9.17) is 5.73 Å². The molecule has 0 aromatic rings. The average Bonchev–Trinajstić information content (AvgIpc) is 2.36. The van der Waals surface area contributed by atoms with Gasteiger partial charge in [-0.3, -0.25) is 0 Å². The van der Waals surface area contributed by atoms with Crippen molar-refractivity contribution in [1.29, 1.82) is 0 Å². The summed E-state index contributed by atoms with van der Waals surface area (Å²) in [6.07, 6.45) is 4.15. The predicted molar refractivity (Wildman–Crippen MR) is 47.2 cm³/mol. The molecule has 0 saturated heterocycles. The van der Waals surface area contributed by atoms with Crippen LogP contribution in [-0.4, -0.2) is 6.04 Å². The van der Waals surface area contributed by atoms with Crippen molar-refractivity contribution in [3.05, 3.63) is 0 Å². The summed E-state index contributed by atoms with van der Waals surface area (Å²) >= 11 is 0. The largest absolute Gasteiger partial charge is 0.327 e. The van der Waals surface area contributed by atoms with Crippen molar-refractivity contribution in [1.82, 2.24) is 0 Å². The molecule has 0 radical (unpaired) electrons. The molecule has 0 spiro atoms. The normalized spacial score (nSPS) is 53.5. The van der Waals surface area contributed by atoms with Gasteiger partial charge in [0.15, 0.2) is 0 Å². The Balaban J connectivity index is 2.34. The van der Waals surface area contributed by atoms with Gasteiger partial charge in [-0.25, -0.2) is 0 Å². The topological polar surface area (TPSA) is 26.0 Å². The second-order valence-corrected chi connectivity index (χ2v) is 5.39. The Morgan fingerprint density at radius 3 is 2.18 bits per heavy atom. The summed E-state index contributed by atoms with van der Waals surface area (Å²) in [6.45, 7) is 7.05. The first-order valence-electron chi connectivity index (χ1n) is 4.72. The van der Waals surface area contributed by atoms with Crippen LogP contribution >= 0.6 is 0 Å². The van der Waals surface area contributed by atoms with Gasteiger partial charge in [0, 0.05) is 6.04 Å². The molecule has 1 unspecified atom stereocenters. The molecule has 2 saturated carbocycles. The molecule has 0 heterocycles. The minimum atomic E-state index is 0.410. The molecule has 1 heteroatoms. The summed E-state index contributed by atoms with van der Waals surface area (Å²) in [4.78, 5) is 0.